The van der Waals surface area contributed by atoms with Crippen LogP contribution in [-0.4, -0.2) is 69.7 Å². The SMILES string of the molecule is O[C@@H]1[C@@H](CNCCCNCCc2ccccc2)C[C@@H](n2cc3c4c(ncnc42)NCCC3)[C@@H]1O. The summed E-state index contributed by atoms with van der Waals surface area (Å²) >= 11 is 0. The van der Waals surface area contributed by atoms with E-state index in [2.05, 4.69) is 60.9 Å². The molecule has 1 saturated carbocycles. The summed E-state index contributed by atoms with van der Waals surface area (Å²) < 4.78 is 2.08. The molecule has 0 saturated heterocycles. The van der Waals surface area contributed by atoms with Crippen LogP contribution in [0.3, 0.4) is 0 Å². The highest BCUT2D eigenvalue weighted by Crippen LogP contribution is 2.39. The molecule has 2 aromatic heterocycles. The third-order valence-electron chi connectivity index (χ3n) is 7.28. The van der Waals surface area contributed by atoms with Crippen molar-refractivity contribution in [2.24, 2.45) is 5.92 Å². The van der Waals surface area contributed by atoms with E-state index in [1.54, 1.807) is 6.33 Å². The Bertz CT molecular complexity index is 1070. The molecule has 1 aliphatic heterocycles. The maximum atomic E-state index is 10.9. The van der Waals surface area contributed by atoms with Gasteiger partial charge in [-0.1, -0.05) is 30.3 Å². The Morgan fingerprint density at radius 2 is 1.88 bits per heavy atom. The molecule has 182 valence electrons. The van der Waals surface area contributed by atoms with Gasteiger partial charge in [-0.15, -0.1) is 0 Å². The molecule has 1 aromatic carbocycles. The van der Waals surface area contributed by atoms with E-state index >= 15 is 0 Å². The van der Waals surface area contributed by atoms with Gasteiger partial charge in [-0.05, 0) is 62.9 Å². The van der Waals surface area contributed by atoms with Crippen LogP contribution in [0.5, 0.6) is 0 Å². The van der Waals surface area contributed by atoms with E-state index in [0.717, 1.165) is 75.1 Å². The number of hydrogen-bond donors (Lipinski definition) is 5. The molecule has 3 heterocycles. The Labute approximate surface area is 200 Å². The number of benzene rings is 1. The maximum absolute atomic E-state index is 10.9. The Morgan fingerprint density at radius 1 is 1.03 bits per heavy atom. The van der Waals surface area contributed by atoms with Gasteiger partial charge in [0.2, 0.25) is 0 Å². The molecule has 34 heavy (non-hydrogen) atoms. The minimum absolute atomic E-state index is 0.0132. The molecular weight excluding hydrogens is 428 g/mol. The van der Waals surface area contributed by atoms with E-state index in [4.69, 9.17) is 0 Å². The largest absolute Gasteiger partial charge is 0.390 e. The predicted molar refractivity (Wildman–Crippen MR) is 134 cm³/mol. The van der Waals surface area contributed by atoms with Gasteiger partial charge in [0.25, 0.3) is 0 Å². The van der Waals surface area contributed by atoms with Crippen LogP contribution < -0.4 is 16.0 Å². The zero-order chi connectivity index (χ0) is 23.3. The Morgan fingerprint density at radius 3 is 2.76 bits per heavy atom. The molecule has 0 spiro atoms. The normalized spacial score (nSPS) is 24.3. The molecule has 1 aliphatic carbocycles. The first-order valence-corrected chi connectivity index (χ1v) is 12.6. The number of nitrogens with one attached hydrogen (secondary N) is 3. The summed E-state index contributed by atoms with van der Waals surface area (Å²) in [6.45, 7) is 4.44. The molecule has 2 aliphatic rings. The maximum Gasteiger partial charge on any atom is 0.146 e. The van der Waals surface area contributed by atoms with Crippen LogP contribution in [0.2, 0.25) is 0 Å². The van der Waals surface area contributed by atoms with Gasteiger partial charge in [-0.25, -0.2) is 9.97 Å². The van der Waals surface area contributed by atoms with Crippen molar-refractivity contribution < 1.29 is 10.2 Å². The molecule has 4 atom stereocenters. The zero-order valence-corrected chi connectivity index (χ0v) is 19.7. The Kier molecular flexibility index (Phi) is 7.39. The minimum Gasteiger partial charge on any atom is -0.390 e. The van der Waals surface area contributed by atoms with Crippen molar-refractivity contribution in [3.8, 4) is 0 Å². The molecule has 1 fully saturated rings. The summed E-state index contributed by atoms with van der Waals surface area (Å²) in [5.41, 5.74) is 3.43. The monoisotopic (exact) mass is 464 g/mol. The van der Waals surface area contributed by atoms with Crippen molar-refractivity contribution in [3.05, 3.63) is 54.0 Å². The van der Waals surface area contributed by atoms with Crippen molar-refractivity contribution in [1.82, 2.24) is 25.2 Å². The summed E-state index contributed by atoms with van der Waals surface area (Å²) in [7, 11) is 0. The van der Waals surface area contributed by atoms with Crippen molar-refractivity contribution in [2.45, 2.75) is 50.4 Å². The number of aliphatic hydroxyl groups excluding tert-OH is 2. The molecule has 5 N–H and O–H groups in total. The predicted octanol–water partition coefficient (Wildman–Crippen LogP) is 1.88. The average molecular weight is 465 g/mol. The van der Waals surface area contributed by atoms with Crippen LogP contribution >= 0.6 is 0 Å². The van der Waals surface area contributed by atoms with Gasteiger partial charge in [0, 0.05) is 25.2 Å². The highest BCUT2D eigenvalue weighted by Gasteiger charge is 2.42. The lowest BCUT2D eigenvalue weighted by molar-refractivity contribution is 0.00692. The highest BCUT2D eigenvalue weighted by atomic mass is 16.3. The second-order valence-electron chi connectivity index (χ2n) is 9.60. The lowest BCUT2D eigenvalue weighted by Gasteiger charge is -2.19. The minimum atomic E-state index is -0.802. The summed E-state index contributed by atoms with van der Waals surface area (Å²) in [5.74, 6) is 0.888. The van der Waals surface area contributed by atoms with Crippen molar-refractivity contribution in [2.75, 3.05) is 38.0 Å². The van der Waals surface area contributed by atoms with E-state index in [1.165, 1.54) is 11.1 Å². The number of hydrogen-bond acceptors (Lipinski definition) is 7. The van der Waals surface area contributed by atoms with Crippen LogP contribution in [0.1, 0.15) is 36.4 Å². The number of nitrogens with zero attached hydrogens (tertiary/aromatic N) is 3. The van der Waals surface area contributed by atoms with Gasteiger partial charge >= 0.3 is 0 Å². The molecule has 8 heteroatoms. The van der Waals surface area contributed by atoms with Crippen LogP contribution in [0, 0.1) is 5.92 Å². The fraction of sp³-hybridized carbons (Fsp3) is 0.538. The van der Waals surface area contributed by atoms with E-state index in [9.17, 15) is 10.2 Å². The average Bonchev–Trinajstić information content (AvgIpc) is 3.27. The summed E-state index contributed by atoms with van der Waals surface area (Å²) in [5, 5.41) is 33.1. The molecule has 0 bridgehead atoms. The fourth-order valence-electron chi connectivity index (χ4n) is 5.43. The van der Waals surface area contributed by atoms with Gasteiger partial charge in [0.15, 0.2) is 0 Å². The second kappa shape index (κ2) is 10.8. The van der Waals surface area contributed by atoms with Crippen molar-refractivity contribution >= 4 is 16.9 Å². The molecule has 3 aromatic rings. The van der Waals surface area contributed by atoms with Crippen LogP contribution in [0.4, 0.5) is 5.82 Å². The van der Waals surface area contributed by atoms with Gasteiger partial charge in [-0.2, -0.15) is 0 Å². The first-order chi connectivity index (χ1) is 16.7. The van der Waals surface area contributed by atoms with Gasteiger partial charge in [-0.3, -0.25) is 0 Å². The molecule has 5 rings (SSSR count). The van der Waals surface area contributed by atoms with Crippen LogP contribution in [0.25, 0.3) is 11.0 Å². The number of aliphatic hydroxyl groups is 2. The number of aromatic nitrogens is 3. The van der Waals surface area contributed by atoms with Crippen molar-refractivity contribution in [1.29, 1.82) is 0 Å². The van der Waals surface area contributed by atoms with E-state index in [1.807, 2.05) is 6.07 Å². The lowest BCUT2D eigenvalue weighted by Crippen LogP contribution is -2.34. The van der Waals surface area contributed by atoms with E-state index in [0.29, 0.717) is 6.54 Å². The quantitative estimate of drug-likeness (QED) is 0.292. The number of rotatable bonds is 10. The third kappa shape index (κ3) is 4.95. The van der Waals surface area contributed by atoms with E-state index in [-0.39, 0.29) is 12.0 Å². The molecular formula is C26H36N6O2. The Balaban J connectivity index is 1.10. The summed E-state index contributed by atoms with van der Waals surface area (Å²) in [6, 6.07) is 10.3. The molecule has 0 unspecified atom stereocenters. The molecule has 0 amide bonds. The zero-order valence-electron chi connectivity index (χ0n) is 19.7. The van der Waals surface area contributed by atoms with Gasteiger partial charge < -0.3 is 30.7 Å². The summed E-state index contributed by atoms with van der Waals surface area (Å²) in [4.78, 5) is 8.96. The van der Waals surface area contributed by atoms with Gasteiger partial charge in [0.1, 0.15) is 23.9 Å². The van der Waals surface area contributed by atoms with E-state index < -0.39 is 12.2 Å². The first kappa shape index (κ1) is 23.2. The second-order valence-corrected chi connectivity index (χ2v) is 9.60. The third-order valence-corrected chi connectivity index (χ3v) is 7.28. The van der Waals surface area contributed by atoms with Gasteiger partial charge in [0.05, 0.1) is 17.5 Å². The number of aryl methyl sites for hydroxylation is 1. The smallest absolute Gasteiger partial charge is 0.146 e. The highest BCUT2D eigenvalue weighted by molar-refractivity contribution is 5.91. The standard InChI is InChI=1S/C26H36N6O2/c33-23-20(15-28-11-5-10-27-13-9-18-6-2-1-3-7-18)14-21(24(23)34)32-16-19-8-4-12-29-25-22(19)26(32)31-17-30-25/h1-3,6-7,16-17,20-21,23-24,27-28,33-34H,4-5,8-15H2,(H,29,30,31)/t20-,21-,23-,24+/m1/s1. The molecule has 0 radical (unpaired) electrons. The number of anilines is 1. The summed E-state index contributed by atoms with van der Waals surface area (Å²) in [6.07, 6.45) is 6.96. The van der Waals surface area contributed by atoms with Crippen molar-refractivity contribution in [3.63, 3.8) is 0 Å². The van der Waals surface area contributed by atoms with Crippen LogP contribution in [-0.2, 0) is 12.8 Å². The fourth-order valence-corrected chi connectivity index (χ4v) is 5.43. The lowest BCUT2D eigenvalue weighted by atomic mass is 10.1. The topological polar surface area (TPSA) is 107 Å². The Hall–Kier alpha value is -2.52. The molecule has 8 nitrogen and oxygen atoms in total. The van der Waals surface area contributed by atoms with Crippen LogP contribution in [0.15, 0.2) is 42.9 Å². The first-order valence-electron chi connectivity index (χ1n) is 12.6.